The summed E-state index contributed by atoms with van der Waals surface area (Å²) >= 11 is 0. The number of aromatic nitrogens is 1. The highest BCUT2D eigenvalue weighted by atomic mass is 16.5. The molecule has 3 aromatic rings. The van der Waals surface area contributed by atoms with Crippen LogP contribution in [0.4, 0.5) is 0 Å². The second-order valence-electron chi connectivity index (χ2n) is 6.90. The van der Waals surface area contributed by atoms with Gasteiger partial charge in [0.05, 0.1) is 5.56 Å². The molecule has 4 rings (SSSR count). The molecule has 0 saturated heterocycles. The summed E-state index contributed by atoms with van der Waals surface area (Å²) in [6, 6.07) is 21.1. The molecular formula is C24H22N2O3. The first kappa shape index (κ1) is 18.7. The van der Waals surface area contributed by atoms with Gasteiger partial charge < -0.3 is 14.2 Å². The number of hydrogen-bond donors (Lipinski definition) is 0. The molecule has 0 saturated carbocycles. The molecule has 146 valence electrons. The zero-order valence-corrected chi connectivity index (χ0v) is 16.0. The summed E-state index contributed by atoms with van der Waals surface area (Å²) in [5.74, 6) is -0.666. The smallest absolute Gasteiger partial charge is 0.338 e. The molecule has 2 heterocycles. The Balaban J connectivity index is 1.29. The molecule has 5 nitrogen and oxygen atoms in total. The van der Waals surface area contributed by atoms with Crippen LogP contribution in [0, 0.1) is 0 Å². The van der Waals surface area contributed by atoms with Crippen molar-refractivity contribution in [2.24, 2.45) is 0 Å². The standard InChI is InChI=1S/C24H22N2O3/c27-23(26-16-12-20(13-17-26)19-6-2-1-3-7-19)18-29-24(28)21-8-10-22(11-9-21)25-14-4-5-15-25/h1-12,14-15H,13,16-18H2. The molecule has 0 fully saturated rings. The van der Waals surface area contributed by atoms with Crippen LogP contribution in [0.1, 0.15) is 22.3 Å². The number of benzene rings is 2. The average Bonchev–Trinajstić information content (AvgIpc) is 3.33. The number of carbonyl (C=O) groups excluding carboxylic acids is 2. The Morgan fingerprint density at radius 3 is 2.28 bits per heavy atom. The fraction of sp³-hybridized carbons (Fsp3) is 0.167. The van der Waals surface area contributed by atoms with E-state index in [0.717, 1.165) is 12.1 Å². The molecule has 1 aromatic heterocycles. The first-order valence-electron chi connectivity index (χ1n) is 9.63. The average molecular weight is 386 g/mol. The Kier molecular flexibility index (Phi) is 5.56. The number of rotatable bonds is 5. The molecule has 0 atom stereocenters. The highest BCUT2D eigenvalue weighted by molar-refractivity contribution is 5.91. The van der Waals surface area contributed by atoms with Gasteiger partial charge in [0, 0.05) is 31.2 Å². The lowest BCUT2D eigenvalue weighted by atomic mass is 10.00. The van der Waals surface area contributed by atoms with Crippen LogP contribution in [0.25, 0.3) is 11.3 Å². The summed E-state index contributed by atoms with van der Waals surface area (Å²) < 4.78 is 7.18. The molecule has 5 heteroatoms. The van der Waals surface area contributed by atoms with Gasteiger partial charge in [-0.05, 0) is 54.0 Å². The summed E-state index contributed by atoms with van der Waals surface area (Å²) in [4.78, 5) is 26.4. The SMILES string of the molecule is O=C(OCC(=O)N1CC=C(c2ccccc2)CC1)c1ccc(-n2cccc2)cc1. The number of carbonyl (C=O) groups is 2. The lowest BCUT2D eigenvalue weighted by Gasteiger charge is -2.26. The van der Waals surface area contributed by atoms with Crippen molar-refractivity contribution in [3.63, 3.8) is 0 Å². The maximum atomic E-state index is 12.4. The molecular weight excluding hydrogens is 364 g/mol. The Morgan fingerprint density at radius 2 is 1.62 bits per heavy atom. The fourth-order valence-electron chi connectivity index (χ4n) is 3.39. The van der Waals surface area contributed by atoms with Gasteiger partial charge in [0.2, 0.25) is 0 Å². The minimum atomic E-state index is -0.491. The van der Waals surface area contributed by atoms with E-state index in [1.807, 2.05) is 59.4 Å². The summed E-state index contributed by atoms with van der Waals surface area (Å²) in [7, 11) is 0. The normalized spacial score (nSPS) is 13.7. The van der Waals surface area contributed by atoms with E-state index in [-0.39, 0.29) is 12.5 Å². The molecule has 0 radical (unpaired) electrons. The molecule has 1 aliphatic heterocycles. The molecule has 0 spiro atoms. The van der Waals surface area contributed by atoms with Crippen LogP contribution in [-0.2, 0) is 9.53 Å². The van der Waals surface area contributed by atoms with E-state index in [2.05, 4.69) is 18.2 Å². The van der Waals surface area contributed by atoms with E-state index in [0.29, 0.717) is 18.7 Å². The van der Waals surface area contributed by atoms with Crippen LogP contribution in [0.3, 0.4) is 0 Å². The van der Waals surface area contributed by atoms with Crippen molar-refractivity contribution < 1.29 is 14.3 Å². The Bertz CT molecular complexity index is 1010. The van der Waals surface area contributed by atoms with Crippen LogP contribution in [0.2, 0.25) is 0 Å². The number of ether oxygens (including phenoxy) is 1. The van der Waals surface area contributed by atoms with E-state index in [9.17, 15) is 9.59 Å². The predicted molar refractivity (Wildman–Crippen MR) is 112 cm³/mol. The summed E-state index contributed by atoms with van der Waals surface area (Å²) in [5, 5.41) is 0. The topological polar surface area (TPSA) is 51.5 Å². The van der Waals surface area contributed by atoms with Crippen molar-refractivity contribution in [2.75, 3.05) is 19.7 Å². The highest BCUT2D eigenvalue weighted by Gasteiger charge is 2.19. The van der Waals surface area contributed by atoms with Gasteiger partial charge in [0.25, 0.3) is 5.91 Å². The first-order valence-corrected chi connectivity index (χ1v) is 9.63. The van der Waals surface area contributed by atoms with Crippen molar-refractivity contribution in [2.45, 2.75) is 6.42 Å². The summed E-state index contributed by atoms with van der Waals surface area (Å²) in [6.45, 7) is 0.918. The summed E-state index contributed by atoms with van der Waals surface area (Å²) in [6.07, 6.45) is 6.73. The van der Waals surface area contributed by atoms with Gasteiger partial charge in [0.15, 0.2) is 6.61 Å². The van der Waals surface area contributed by atoms with E-state index >= 15 is 0 Å². The van der Waals surface area contributed by atoms with Gasteiger partial charge in [0.1, 0.15) is 0 Å². The van der Waals surface area contributed by atoms with Crippen LogP contribution < -0.4 is 0 Å². The Morgan fingerprint density at radius 1 is 0.897 bits per heavy atom. The maximum Gasteiger partial charge on any atom is 0.338 e. The zero-order valence-electron chi connectivity index (χ0n) is 16.0. The lowest BCUT2D eigenvalue weighted by molar-refractivity contribution is -0.134. The largest absolute Gasteiger partial charge is 0.452 e. The maximum absolute atomic E-state index is 12.4. The minimum Gasteiger partial charge on any atom is -0.452 e. The van der Waals surface area contributed by atoms with E-state index in [4.69, 9.17) is 4.74 Å². The molecule has 1 amide bonds. The van der Waals surface area contributed by atoms with Crippen molar-refractivity contribution in [3.05, 3.63) is 96.3 Å². The first-order chi connectivity index (χ1) is 14.2. The third-order valence-corrected chi connectivity index (χ3v) is 5.04. The molecule has 0 aliphatic carbocycles. The van der Waals surface area contributed by atoms with Crippen LogP contribution in [0.15, 0.2) is 85.2 Å². The van der Waals surface area contributed by atoms with Gasteiger partial charge in [-0.1, -0.05) is 36.4 Å². The zero-order chi connectivity index (χ0) is 20.1. The third-order valence-electron chi connectivity index (χ3n) is 5.04. The lowest BCUT2D eigenvalue weighted by Crippen LogP contribution is -2.37. The predicted octanol–water partition coefficient (Wildman–Crippen LogP) is 3.95. The molecule has 0 bridgehead atoms. The van der Waals surface area contributed by atoms with Crippen molar-refractivity contribution in [3.8, 4) is 5.69 Å². The Hall–Kier alpha value is -3.60. The molecule has 0 N–H and O–H groups in total. The fourth-order valence-corrected chi connectivity index (χ4v) is 3.39. The van der Waals surface area contributed by atoms with Gasteiger partial charge in [-0.25, -0.2) is 4.79 Å². The molecule has 29 heavy (non-hydrogen) atoms. The second-order valence-corrected chi connectivity index (χ2v) is 6.90. The summed E-state index contributed by atoms with van der Waals surface area (Å²) in [5.41, 5.74) is 3.82. The number of amides is 1. The molecule has 0 unspecified atom stereocenters. The van der Waals surface area contributed by atoms with Gasteiger partial charge in [-0.2, -0.15) is 0 Å². The second kappa shape index (κ2) is 8.61. The number of hydrogen-bond acceptors (Lipinski definition) is 3. The van der Waals surface area contributed by atoms with Crippen LogP contribution in [-0.4, -0.2) is 41.0 Å². The van der Waals surface area contributed by atoms with Crippen molar-refractivity contribution in [1.29, 1.82) is 0 Å². The van der Waals surface area contributed by atoms with Crippen LogP contribution >= 0.6 is 0 Å². The monoisotopic (exact) mass is 386 g/mol. The van der Waals surface area contributed by atoms with Gasteiger partial charge in [-0.15, -0.1) is 0 Å². The van der Waals surface area contributed by atoms with Crippen LogP contribution in [0.5, 0.6) is 0 Å². The van der Waals surface area contributed by atoms with Crippen molar-refractivity contribution >= 4 is 17.4 Å². The highest BCUT2D eigenvalue weighted by Crippen LogP contribution is 2.22. The van der Waals surface area contributed by atoms with E-state index in [1.165, 1.54) is 11.1 Å². The Labute approximate surface area is 169 Å². The van der Waals surface area contributed by atoms with E-state index in [1.54, 1.807) is 17.0 Å². The minimum absolute atomic E-state index is 0.175. The number of nitrogens with zero attached hydrogens (tertiary/aromatic N) is 2. The molecule has 2 aromatic carbocycles. The van der Waals surface area contributed by atoms with Gasteiger partial charge in [-0.3, -0.25) is 4.79 Å². The quantitative estimate of drug-likeness (QED) is 0.624. The third kappa shape index (κ3) is 4.46. The van der Waals surface area contributed by atoms with E-state index < -0.39 is 5.97 Å². The number of esters is 1. The van der Waals surface area contributed by atoms with Gasteiger partial charge >= 0.3 is 5.97 Å². The van der Waals surface area contributed by atoms with Crippen molar-refractivity contribution in [1.82, 2.24) is 9.47 Å². The molecule has 1 aliphatic rings.